The van der Waals surface area contributed by atoms with Crippen molar-refractivity contribution in [2.24, 2.45) is 5.92 Å². The third kappa shape index (κ3) is 5.63. The Kier molecular flexibility index (Phi) is 7.92. The summed E-state index contributed by atoms with van der Waals surface area (Å²) in [6.07, 6.45) is 0.650. The van der Waals surface area contributed by atoms with Crippen LogP contribution in [0.1, 0.15) is 52.5 Å². The van der Waals surface area contributed by atoms with Gasteiger partial charge in [0.25, 0.3) is 10.0 Å². The Morgan fingerprint density at radius 1 is 1.12 bits per heavy atom. The molecule has 0 saturated carbocycles. The van der Waals surface area contributed by atoms with Gasteiger partial charge >= 0.3 is 11.9 Å². The van der Waals surface area contributed by atoms with Crippen molar-refractivity contribution in [2.75, 3.05) is 31.6 Å². The molecule has 0 spiro atoms. The predicted molar refractivity (Wildman–Crippen MR) is 120 cm³/mol. The van der Waals surface area contributed by atoms with Gasteiger partial charge < -0.3 is 19.2 Å². The number of nitrogens with zero attached hydrogens (tertiary/aromatic N) is 1. The van der Waals surface area contributed by atoms with Crippen LogP contribution in [-0.4, -0.2) is 56.9 Å². The minimum Gasteiger partial charge on any atom is -0.462 e. The molecule has 0 aliphatic carbocycles. The van der Waals surface area contributed by atoms with Crippen molar-refractivity contribution < 1.29 is 36.7 Å². The lowest BCUT2D eigenvalue weighted by Gasteiger charge is -2.29. The van der Waals surface area contributed by atoms with Crippen molar-refractivity contribution in [2.45, 2.75) is 38.7 Å². The maximum atomic E-state index is 12.8. The second-order valence-corrected chi connectivity index (χ2v) is 10.3. The zero-order valence-electron chi connectivity index (χ0n) is 18.6. The number of furan rings is 1. The smallest absolute Gasteiger partial charge is 0.374 e. The fourth-order valence-corrected chi connectivity index (χ4v) is 5.77. The number of anilines is 1. The van der Waals surface area contributed by atoms with Gasteiger partial charge in [0.1, 0.15) is 4.88 Å². The Morgan fingerprint density at radius 2 is 1.76 bits per heavy atom. The fraction of sp³-hybridized carbons (Fsp3) is 0.476. The lowest BCUT2D eigenvalue weighted by atomic mass is 9.97. The van der Waals surface area contributed by atoms with Crippen molar-refractivity contribution in [3.05, 3.63) is 34.4 Å². The number of nitrogens with one attached hydrogen (secondary N) is 1. The molecule has 1 amide bonds. The third-order valence-electron chi connectivity index (χ3n) is 5.10. The van der Waals surface area contributed by atoms with E-state index in [1.54, 1.807) is 26.8 Å². The van der Waals surface area contributed by atoms with Gasteiger partial charge in [-0.15, -0.1) is 11.3 Å². The average molecular weight is 499 g/mol. The minimum atomic E-state index is -3.94. The number of esters is 2. The highest BCUT2D eigenvalue weighted by molar-refractivity contribution is 7.89. The van der Waals surface area contributed by atoms with Crippen LogP contribution < -0.4 is 5.32 Å². The maximum Gasteiger partial charge on any atom is 0.374 e. The summed E-state index contributed by atoms with van der Waals surface area (Å²) in [5.74, 6) is -1.95. The number of hydrogen-bond donors (Lipinski definition) is 1. The molecular formula is C21H26N2O8S2. The molecule has 1 N–H and O–H groups in total. The first-order valence-electron chi connectivity index (χ1n) is 10.5. The van der Waals surface area contributed by atoms with Crippen LogP contribution in [0.3, 0.4) is 0 Å². The summed E-state index contributed by atoms with van der Waals surface area (Å²) in [6, 6.07) is 4.20. The number of rotatable bonds is 8. The number of thiophene rings is 1. The number of piperidine rings is 1. The van der Waals surface area contributed by atoms with Gasteiger partial charge in [-0.05, 0) is 57.4 Å². The summed E-state index contributed by atoms with van der Waals surface area (Å²) >= 11 is 1.15. The first kappa shape index (κ1) is 24.9. The van der Waals surface area contributed by atoms with Crippen LogP contribution in [0.2, 0.25) is 0 Å². The van der Waals surface area contributed by atoms with Gasteiger partial charge in [-0.25, -0.2) is 18.0 Å². The zero-order chi connectivity index (χ0) is 24.2. The van der Waals surface area contributed by atoms with Crippen LogP contribution in [0.4, 0.5) is 5.00 Å². The van der Waals surface area contributed by atoms with Gasteiger partial charge in [0.05, 0.1) is 18.2 Å². The van der Waals surface area contributed by atoms with Crippen molar-refractivity contribution in [3.63, 3.8) is 0 Å². The van der Waals surface area contributed by atoms with Crippen molar-refractivity contribution in [3.8, 4) is 0 Å². The van der Waals surface area contributed by atoms with E-state index in [0.29, 0.717) is 22.7 Å². The number of hydrogen-bond acceptors (Lipinski definition) is 9. The van der Waals surface area contributed by atoms with E-state index in [4.69, 9.17) is 13.9 Å². The topological polar surface area (TPSA) is 132 Å². The second-order valence-electron chi connectivity index (χ2n) is 7.35. The molecule has 12 heteroatoms. The third-order valence-corrected chi connectivity index (χ3v) is 8.01. The van der Waals surface area contributed by atoms with Crippen LogP contribution >= 0.6 is 11.3 Å². The van der Waals surface area contributed by atoms with Gasteiger partial charge in [0.2, 0.25) is 16.8 Å². The van der Waals surface area contributed by atoms with E-state index in [1.807, 2.05) is 0 Å². The lowest BCUT2D eigenvalue weighted by molar-refractivity contribution is -0.120. The number of carbonyl (C=O) groups is 3. The molecule has 0 radical (unpaired) electrons. The molecule has 3 heterocycles. The summed E-state index contributed by atoms with van der Waals surface area (Å²) < 4.78 is 41.9. The van der Waals surface area contributed by atoms with Gasteiger partial charge in [-0.2, -0.15) is 4.31 Å². The molecule has 1 fully saturated rings. The Hall–Kier alpha value is -2.70. The van der Waals surface area contributed by atoms with Crippen molar-refractivity contribution in [1.82, 2.24) is 4.31 Å². The second kappa shape index (κ2) is 10.5. The van der Waals surface area contributed by atoms with E-state index in [1.165, 1.54) is 16.4 Å². The zero-order valence-corrected chi connectivity index (χ0v) is 20.2. The molecule has 1 saturated heterocycles. The van der Waals surface area contributed by atoms with Crippen LogP contribution in [0, 0.1) is 12.8 Å². The SMILES string of the molecule is CCOC(=O)c1ccc(S(=O)(=O)N2CCC(C(=O)Nc3cc(C)c(C(=O)OCC)s3)CC2)o1. The van der Waals surface area contributed by atoms with E-state index in [-0.39, 0.29) is 49.0 Å². The molecule has 1 aliphatic rings. The van der Waals surface area contributed by atoms with Gasteiger partial charge in [-0.3, -0.25) is 4.79 Å². The minimum absolute atomic E-state index is 0.132. The number of sulfonamides is 1. The molecule has 180 valence electrons. The molecule has 33 heavy (non-hydrogen) atoms. The summed E-state index contributed by atoms with van der Waals surface area (Å²) in [6.45, 7) is 5.80. The normalized spacial score (nSPS) is 15.2. The fourth-order valence-electron chi connectivity index (χ4n) is 3.42. The summed E-state index contributed by atoms with van der Waals surface area (Å²) in [5, 5.41) is 3.02. The predicted octanol–water partition coefficient (Wildman–Crippen LogP) is 3.04. The number of amides is 1. The molecule has 2 aromatic heterocycles. The first-order chi connectivity index (χ1) is 15.7. The summed E-state index contributed by atoms with van der Waals surface area (Å²) in [5.41, 5.74) is 0.718. The Balaban J connectivity index is 1.59. The molecule has 0 bridgehead atoms. The maximum absolute atomic E-state index is 12.8. The van der Waals surface area contributed by atoms with E-state index >= 15 is 0 Å². The van der Waals surface area contributed by atoms with E-state index in [0.717, 1.165) is 16.9 Å². The van der Waals surface area contributed by atoms with Crippen LogP contribution in [-0.2, 0) is 24.3 Å². The molecule has 10 nitrogen and oxygen atoms in total. The average Bonchev–Trinajstić information content (AvgIpc) is 3.42. The molecule has 2 aromatic rings. The summed E-state index contributed by atoms with van der Waals surface area (Å²) in [4.78, 5) is 36.8. The quantitative estimate of drug-likeness (QED) is 0.549. The molecule has 0 atom stereocenters. The molecule has 3 rings (SSSR count). The molecule has 0 unspecified atom stereocenters. The van der Waals surface area contributed by atoms with Gasteiger partial charge in [-0.1, -0.05) is 0 Å². The monoisotopic (exact) mass is 498 g/mol. The van der Waals surface area contributed by atoms with Gasteiger partial charge in [0.15, 0.2) is 0 Å². The Labute approximate surface area is 195 Å². The van der Waals surface area contributed by atoms with Crippen LogP contribution in [0.25, 0.3) is 0 Å². The molecule has 0 aromatic carbocycles. The van der Waals surface area contributed by atoms with Crippen molar-refractivity contribution >= 4 is 44.2 Å². The largest absolute Gasteiger partial charge is 0.462 e. The van der Waals surface area contributed by atoms with Crippen LogP contribution in [0.15, 0.2) is 27.7 Å². The Morgan fingerprint density at radius 3 is 2.39 bits per heavy atom. The summed E-state index contributed by atoms with van der Waals surface area (Å²) in [7, 11) is -3.94. The number of carbonyl (C=O) groups excluding carboxylic acids is 3. The van der Waals surface area contributed by atoms with E-state index < -0.39 is 22.0 Å². The standard InChI is InChI=1S/C21H26N2O8S2/c1-4-29-20(25)15-6-7-17(31-15)33(27,28)23-10-8-14(9-11-23)19(24)22-16-12-13(3)18(32-16)21(26)30-5-2/h6-7,12,14H,4-5,8-11H2,1-3H3,(H,22,24). The number of aryl methyl sites for hydroxylation is 1. The molecule has 1 aliphatic heterocycles. The van der Waals surface area contributed by atoms with Gasteiger partial charge in [0, 0.05) is 19.0 Å². The number of ether oxygens (including phenoxy) is 2. The Bertz CT molecular complexity index is 1130. The van der Waals surface area contributed by atoms with Crippen LogP contribution in [0.5, 0.6) is 0 Å². The van der Waals surface area contributed by atoms with Crippen molar-refractivity contribution in [1.29, 1.82) is 0 Å². The first-order valence-corrected chi connectivity index (χ1v) is 12.8. The molecular weight excluding hydrogens is 472 g/mol. The van der Waals surface area contributed by atoms with E-state index in [9.17, 15) is 22.8 Å². The lowest BCUT2D eigenvalue weighted by Crippen LogP contribution is -2.41. The highest BCUT2D eigenvalue weighted by atomic mass is 32.2. The van der Waals surface area contributed by atoms with E-state index in [2.05, 4.69) is 5.32 Å². The highest BCUT2D eigenvalue weighted by Crippen LogP contribution is 2.30. The highest BCUT2D eigenvalue weighted by Gasteiger charge is 2.34.